The Kier molecular flexibility index (Phi) is 5.76. The second-order valence-corrected chi connectivity index (χ2v) is 7.57. The second-order valence-electron chi connectivity index (χ2n) is 5.89. The molecule has 7 nitrogen and oxygen atoms in total. The molecule has 0 saturated heterocycles. The third kappa shape index (κ3) is 4.77. The first-order chi connectivity index (χ1) is 11.7. The summed E-state index contributed by atoms with van der Waals surface area (Å²) in [5.74, 6) is 0.226. The highest BCUT2D eigenvalue weighted by Gasteiger charge is 2.19. The summed E-state index contributed by atoms with van der Waals surface area (Å²) in [6.07, 6.45) is 1.53. The number of amides is 1. The van der Waals surface area contributed by atoms with Crippen molar-refractivity contribution in [3.05, 3.63) is 47.7 Å². The molecular formula is C17H22N4O3S. The molecule has 1 heterocycles. The van der Waals surface area contributed by atoms with E-state index in [1.165, 1.54) is 12.3 Å². The SMILES string of the molecule is CNc1cc(C(=O)Nc2ccc(C)c(S(=O)(=O)NC(C)C)c2)ccn1. The molecular weight excluding hydrogens is 340 g/mol. The fourth-order valence-electron chi connectivity index (χ4n) is 2.25. The van der Waals surface area contributed by atoms with Gasteiger partial charge in [-0.15, -0.1) is 0 Å². The summed E-state index contributed by atoms with van der Waals surface area (Å²) >= 11 is 0. The number of carbonyl (C=O) groups excluding carboxylic acids is 1. The number of hydrogen-bond acceptors (Lipinski definition) is 5. The first kappa shape index (κ1) is 18.9. The van der Waals surface area contributed by atoms with E-state index in [9.17, 15) is 13.2 Å². The predicted octanol–water partition coefficient (Wildman–Crippen LogP) is 2.37. The van der Waals surface area contributed by atoms with E-state index in [0.717, 1.165) is 0 Å². The van der Waals surface area contributed by atoms with Crippen LogP contribution in [0.2, 0.25) is 0 Å². The number of nitrogens with zero attached hydrogens (tertiary/aromatic N) is 1. The minimum absolute atomic E-state index is 0.143. The lowest BCUT2D eigenvalue weighted by atomic mass is 10.2. The second kappa shape index (κ2) is 7.62. The van der Waals surface area contributed by atoms with Crippen LogP contribution in [0.25, 0.3) is 0 Å². The number of pyridine rings is 1. The molecule has 0 aliphatic rings. The molecule has 0 atom stereocenters. The van der Waals surface area contributed by atoms with Gasteiger partial charge in [0.2, 0.25) is 10.0 Å². The van der Waals surface area contributed by atoms with Crippen LogP contribution in [0.5, 0.6) is 0 Å². The molecule has 0 radical (unpaired) electrons. The van der Waals surface area contributed by atoms with E-state index in [0.29, 0.717) is 22.6 Å². The Bertz CT molecular complexity index is 879. The molecule has 8 heteroatoms. The molecule has 2 aromatic rings. The molecule has 0 fully saturated rings. The molecule has 0 aliphatic heterocycles. The van der Waals surface area contributed by atoms with Crippen molar-refractivity contribution in [1.82, 2.24) is 9.71 Å². The molecule has 0 saturated carbocycles. The molecule has 0 bridgehead atoms. The maximum atomic E-state index is 12.4. The number of aromatic nitrogens is 1. The van der Waals surface area contributed by atoms with Gasteiger partial charge in [-0.25, -0.2) is 18.1 Å². The van der Waals surface area contributed by atoms with E-state index in [1.54, 1.807) is 52.1 Å². The van der Waals surface area contributed by atoms with E-state index in [4.69, 9.17) is 0 Å². The van der Waals surface area contributed by atoms with Crippen LogP contribution in [-0.4, -0.2) is 32.4 Å². The van der Waals surface area contributed by atoms with Gasteiger partial charge in [-0.2, -0.15) is 0 Å². The lowest BCUT2D eigenvalue weighted by molar-refractivity contribution is 0.102. The fourth-order valence-corrected chi connectivity index (χ4v) is 3.77. The average Bonchev–Trinajstić information content (AvgIpc) is 2.55. The zero-order valence-electron chi connectivity index (χ0n) is 14.6. The Morgan fingerprint density at radius 2 is 1.88 bits per heavy atom. The molecule has 1 aromatic carbocycles. The average molecular weight is 362 g/mol. The zero-order valence-corrected chi connectivity index (χ0v) is 15.4. The van der Waals surface area contributed by atoms with Crippen LogP contribution in [0.1, 0.15) is 29.8 Å². The quantitative estimate of drug-likeness (QED) is 0.732. The number of sulfonamides is 1. The lowest BCUT2D eigenvalue weighted by Gasteiger charge is -2.13. The van der Waals surface area contributed by atoms with Crippen LogP contribution in [0.4, 0.5) is 11.5 Å². The highest BCUT2D eigenvalue weighted by molar-refractivity contribution is 7.89. The van der Waals surface area contributed by atoms with Gasteiger partial charge in [-0.05, 0) is 50.6 Å². The van der Waals surface area contributed by atoms with E-state index in [2.05, 4.69) is 20.3 Å². The standard InChI is InChI=1S/C17H22N4O3S/c1-11(2)21-25(23,24)15-10-14(6-5-12(15)3)20-17(22)13-7-8-19-16(9-13)18-4/h5-11,21H,1-4H3,(H,18,19)(H,20,22). The first-order valence-electron chi connectivity index (χ1n) is 7.81. The monoisotopic (exact) mass is 362 g/mol. The smallest absolute Gasteiger partial charge is 0.255 e. The number of benzene rings is 1. The molecule has 1 aromatic heterocycles. The lowest BCUT2D eigenvalue weighted by Crippen LogP contribution is -2.30. The number of anilines is 2. The fraction of sp³-hybridized carbons (Fsp3) is 0.294. The Morgan fingerprint density at radius 1 is 1.16 bits per heavy atom. The van der Waals surface area contributed by atoms with Crippen LogP contribution >= 0.6 is 0 Å². The van der Waals surface area contributed by atoms with Crippen molar-refractivity contribution in [3.8, 4) is 0 Å². The summed E-state index contributed by atoms with van der Waals surface area (Å²) in [6.45, 7) is 5.21. The highest BCUT2D eigenvalue weighted by Crippen LogP contribution is 2.21. The van der Waals surface area contributed by atoms with Crippen LogP contribution in [0.3, 0.4) is 0 Å². The van der Waals surface area contributed by atoms with Gasteiger partial charge in [0.15, 0.2) is 0 Å². The maximum absolute atomic E-state index is 12.4. The Morgan fingerprint density at radius 3 is 2.52 bits per heavy atom. The molecule has 25 heavy (non-hydrogen) atoms. The van der Waals surface area contributed by atoms with Crippen molar-refractivity contribution in [3.63, 3.8) is 0 Å². The number of nitrogens with one attached hydrogen (secondary N) is 3. The molecule has 3 N–H and O–H groups in total. The van der Waals surface area contributed by atoms with Gasteiger partial charge in [-0.3, -0.25) is 4.79 Å². The molecule has 0 unspecified atom stereocenters. The molecule has 134 valence electrons. The van der Waals surface area contributed by atoms with Gasteiger partial charge in [0.1, 0.15) is 5.82 Å². The Hall–Kier alpha value is -2.45. The van der Waals surface area contributed by atoms with Crippen LogP contribution in [-0.2, 0) is 10.0 Å². The van der Waals surface area contributed by atoms with Gasteiger partial charge in [0.25, 0.3) is 5.91 Å². The predicted molar refractivity (Wildman–Crippen MR) is 98.4 cm³/mol. The van der Waals surface area contributed by atoms with E-state index in [-0.39, 0.29) is 16.8 Å². The molecule has 2 rings (SSSR count). The number of rotatable bonds is 6. The van der Waals surface area contributed by atoms with Crippen molar-refractivity contribution in [2.45, 2.75) is 31.7 Å². The van der Waals surface area contributed by atoms with Gasteiger partial charge < -0.3 is 10.6 Å². The van der Waals surface area contributed by atoms with E-state index in [1.807, 2.05) is 0 Å². The summed E-state index contributed by atoms with van der Waals surface area (Å²) in [5, 5.41) is 5.58. The largest absolute Gasteiger partial charge is 0.373 e. The molecule has 0 spiro atoms. The van der Waals surface area contributed by atoms with E-state index < -0.39 is 10.0 Å². The van der Waals surface area contributed by atoms with Crippen molar-refractivity contribution in [2.24, 2.45) is 0 Å². The number of carbonyl (C=O) groups is 1. The molecule has 1 amide bonds. The Labute approximate surface area is 147 Å². The zero-order chi connectivity index (χ0) is 18.6. The maximum Gasteiger partial charge on any atom is 0.255 e. The summed E-state index contributed by atoms with van der Waals surface area (Å²) in [7, 11) is -1.93. The Balaban J connectivity index is 2.29. The topological polar surface area (TPSA) is 100 Å². The summed E-state index contributed by atoms with van der Waals surface area (Å²) in [5.41, 5.74) is 1.43. The summed E-state index contributed by atoms with van der Waals surface area (Å²) in [4.78, 5) is 16.6. The third-order valence-electron chi connectivity index (χ3n) is 3.40. The van der Waals surface area contributed by atoms with Gasteiger partial charge in [0, 0.05) is 30.5 Å². The van der Waals surface area contributed by atoms with Gasteiger partial charge in [0.05, 0.1) is 4.90 Å². The van der Waals surface area contributed by atoms with Gasteiger partial charge >= 0.3 is 0 Å². The van der Waals surface area contributed by atoms with Crippen molar-refractivity contribution in [2.75, 3.05) is 17.7 Å². The highest BCUT2D eigenvalue weighted by atomic mass is 32.2. The van der Waals surface area contributed by atoms with Crippen molar-refractivity contribution < 1.29 is 13.2 Å². The van der Waals surface area contributed by atoms with Crippen LogP contribution < -0.4 is 15.4 Å². The number of hydrogen-bond donors (Lipinski definition) is 3. The van der Waals surface area contributed by atoms with Crippen LogP contribution in [0.15, 0.2) is 41.4 Å². The minimum Gasteiger partial charge on any atom is -0.373 e. The van der Waals surface area contributed by atoms with E-state index >= 15 is 0 Å². The van der Waals surface area contributed by atoms with Crippen LogP contribution in [0, 0.1) is 6.92 Å². The summed E-state index contributed by atoms with van der Waals surface area (Å²) in [6, 6.07) is 7.76. The van der Waals surface area contributed by atoms with Crippen molar-refractivity contribution in [1.29, 1.82) is 0 Å². The normalized spacial score (nSPS) is 11.4. The van der Waals surface area contributed by atoms with Gasteiger partial charge in [-0.1, -0.05) is 6.07 Å². The molecule has 0 aliphatic carbocycles. The third-order valence-corrected chi connectivity index (χ3v) is 5.21. The van der Waals surface area contributed by atoms with Crippen molar-refractivity contribution >= 4 is 27.4 Å². The summed E-state index contributed by atoms with van der Waals surface area (Å²) < 4.78 is 27.4. The number of aryl methyl sites for hydroxylation is 1. The first-order valence-corrected chi connectivity index (χ1v) is 9.29. The minimum atomic E-state index is -3.65.